The third-order valence-corrected chi connectivity index (χ3v) is 7.18. The van der Waals surface area contributed by atoms with Gasteiger partial charge >= 0.3 is 0 Å². The van der Waals surface area contributed by atoms with E-state index in [1.807, 2.05) is 38.1 Å². The highest BCUT2D eigenvalue weighted by atomic mass is 32.2. The minimum Gasteiger partial charge on any atom is -0.494 e. The lowest BCUT2D eigenvalue weighted by Gasteiger charge is -2.24. The second-order valence-electron chi connectivity index (χ2n) is 8.10. The molecule has 0 unspecified atom stereocenters. The Hall–Kier alpha value is -3.32. The van der Waals surface area contributed by atoms with Gasteiger partial charge in [0.1, 0.15) is 12.3 Å². The van der Waals surface area contributed by atoms with E-state index in [0.29, 0.717) is 23.7 Å². The topological polar surface area (TPSA) is 75.7 Å². The summed E-state index contributed by atoms with van der Waals surface area (Å²) in [6.07, 6.45) is 3.22. The molecule has 180 valence electrons. The van der Waals surface area contributed by atoms with Crippen LogP contribution in [-0.4, -0.2) is 27.5 Å². The Balaban J connectivity index is 1.84. The van der Waals surface area contributed by atoms with Crippen LogP contribution in [0.15, 0.2) is 77.7 Å². The molecular weight excluding hydrogens is 448 g/mol. The highest BCUT2D eigenvalue weighted by Gasteiger charge is 2.27. The first-order valence-electron chi connectivity index (χ1n) is 11.5. The number of carbonyl (C=O) groups excluding carboxylic acids is 1. The molecular formula is C27H32N2O4S. The molecule has 0 bridgehead atoms. The molecule has 0 saturated carbocycles. The number of carbonyl (C=O) groups is 1. The van der Waals surface area contributed by atoms with E-state index in [1.165, 1.54) is 5.56 Å². The van der Waals surface area contributed by atoms with Gasteiger partial charge < -0.3 is 10.1 Å². The van der Waals surface area contributed by atoms with Gasteiger partial charge in [-0.05, 0) is 80.8 Å². The van der Waals surface area contributed by atoms with E-state index in [1.54, 1.807) is 48.5 Å². The van der Waals surface area contributed by atoms with Crippen LogP contribution >= 0.6 is 0 Å². The molecule has 0 spiro atoms. The Morgan fingerprint density at radius 1 is 0.912 bits per heavy atom. The van der Waals surface area contributed by atoms with Crippen molar-refractivity contribution in [2.24, 2.45) is 0 Å². The second-order valence-corrected chi connectivity index (χ2v) is 9.96. The minimum absolute atomic E-state index is 0.125. The average Bonchev–Trinajstić information content (AvgIpc) is 2.83. The number of anilines is 2. The van der Waals surface area contributed by atoms with Gasteiger partial charge in [-0.15, -0.1) is 0 Å². The second kappa shape index (κ2) is 11.7. The number of ether oxygens (including phenoxy) is 1. The van der Waals surface area contributed by atoms with E-state index in [2.05, 4.69) is 12.2 Å². The monoisotopic (exact) mass is 480 g/mol. The van der Waals surface area contributed by atoms with Crippen molar-refractivity contribution in [1.29, 1.82) is 0 Å². The number of nitrogens with zero attached hydrogens (tertiary/aromatic N) is 1. The van der Waals surface area contributed by atoms with Crippen molar-refractivity contribution in [2.45, 2.75) is 44.9 Å². The zero-order valence-corrected chi connectivity index (χ0v) is 20.8. The third kappa shape index (κ3) is 6.60. The first kappa shape index (κ1) is 25.3. The zero-order valence-electron chi connectivity index (χ0n) is 20.0. The lowest BCUT2D eigenvalue weighted by molar-refractivity contribution is -0.114. The van der Waals surface area contributed by atoms with Gasteiger partial charge in [0, 0.05) is 5.69 Å². The number of hydrogen-bond acceptors (Lipinski definition) is 4. The van der Waals surface area contributed by atoms with Crippen LogP contribution in [-0.2, 0) is 21.2 Å². The van der Waals surface area contributed by atoms with E-state index >= 15 is 0 Å². The van der Waals surface area contributed by atoms with Crippen LogP contribution in [0.4, 0.5) is 11.4 Å². The Bertz CT molecular complexity index is 1170. The molecule has 0 fully saturated rings. The highest BCUT2D eigenvalue weighted by molar-refractivity contribution is 7.92. The van der Waals surface area contributed by atoms with Crippen LogP contribution < -0.4 is 14.4 Å². The Morgan fingerprint density at radius 3 is 2.15 bits per heavy atom. The summed E-state index contributed by atoms with van der Waals surface area (Å²) in [6.45, 7) is 6.06. The average molecular weight is 481 g/mol. The van der Waals surface area contributed by atoms with E-state index < -0.39 is 15.9 Å². The number of amides is 1. The van der Waals surface area contributed by atoms with Gasteiger partial charge in [-0.25, -0.2) is 8.42 Å². The lowest BCUT2D eigenvalue weighted by atomic mass is 10.1. The number of benzene rings is 3. The molecule has 1 N–H and O–H groups in total. The van der Waals surface area contributed by atoms with Gasteiger partial charge in [0.15, 0.2) is 0 Å². The van der Waals surface area contributed by atoms with Crippen LogP contribution in [0.2, 0.25) is 0 Å². The number of unbranched alkanes of at least 4 members (excludes halogenated alkanes) is 1. The summed E-state index contributed by atoms with van der Waals surface area (Å²) in [4.78, 5) is 13.0. The van der Waals surface area contributed by atoms with Gasteiger partial charge in [-0.2, -0.15) is 0 Å². The lowest BCUT2D eigenvalue weighted by Crippen LogP contribution is -2.38. The summed E-state index contributed by atoms with van der Waals surface area (Å²) in [5, 5.41) is 2.82. The fourth-order valence-corrected chi connectivity index (χ4v) is 4.92. The molecule has 7 heteroatoms. The molecule has 1 amide bonds. The van der Waals surface area contributed by atoms with Gasteiger partial charge in [-0.3, -0.25) is 9.10 Å². The number of sulfonamides is 1. The fourth-order valence-electron chi connectivity index (χ4n) is 3.49. The van der Waals surface area contributed by atoms with E-state index in [9.17, 15) is 13.2 Å². The number of nitrogens with one attached hydrogen (secondary N) is 1. The van der Waals surface area contributed by atoms with E-state index in [4.69, 9.17) is 4.74 Å². The highest BCUT2D eigenvalue weighted by Crippen LogP contribution is 2.26. The molecule has 0 aliphatic rings. The molecule has 34 heavy (non-hydrogen) atoms. The van der Waals surface area contributed by atoms with Gasteiger partial charge in [-0.1, -0.05) is 43.2 Å². The summed E-state index contributed by atoms with van der Waals surface area (Å²) in [5.41, 5.74) is 3.17. The summed E-state index contributed by atoms with van der Waals surface area (Å²) in [5.74, 6) is 0.206. The van der Waals surface area contributed by atoms with E-state index in [0.717, 1.165) is 29.1 Å². The van der Waals surface area contributed by atoms with Gasteiger partial charge in [0.25, 0.3) is 10.0 Å². The molecule has 0 heterocycles. The van der Waals surface area contributed by atoms with Crippen molar-refractivity contribution in [2.75, 3.05) is 22.8 Å². The van der Waals surface area contributed by atoms with Crippen LogP contribution in [0.5, 0.6) is 5.75 Å². The maximum Gasteiger partial charge on any atom is 0.264 e. The van der Waals surface area contributed by atoms with Crippen molar-refractivity contribution >= 4 is 27.3 Å². The van der Waals surface area contributed by atoms with Crippen molar-refractivity contribution < 1.29 is 17.9 Å². The first-order chi connectivity index (χ1) is 16.3. The largest absolute Gasteiger partial charge is 0.494 e. The normalized spacial score (nSPS) is 11.1. The zero-order chi connectivity index (χ0) is 24.6. The quantitative estimate of drug-likeness (QED) is 0.389. The molecule has 0 saturated heterocycles. The molecule has 3 aromatic carbocycles. The van der Waals surface area contributed by atoms with Crippen LogP contribution in [0.1, 0.15) is 37.8 Å². The summed E-state index contributed by atoms with van der Waals surface area (Å²) < 4.78 is 33.6. The Kier molecular flexibility index (Phi) is 8.71. The van der Waals surface area contributed by atoms with Crippen LogP contribution in [0.3, 0.4) is 0 Å². The SMILES string of the molecule is CCCCc1ccc(NC(=O)CN(c2ccc(OCC)cc2)S(=O)(=O)c2ccc(C)cc2)cc1. The molecule has 3 rings (SSSR count). The van der Waals surface area contributed by atoms with Crippen molar-refractivity contribution in [3.8, 4) is 5.75 Å². The molecule has 0 radical (unpaired) electrons. The predicted molar refractivity (Wildman–Crippen MR) is 137 cm³/mol. The molecule has 0 aliphatic carbocycles. The standard InChI is InChI=1S/C27H32N2O4S/c1-4-6-7-22-10-12-23(13-11-22)28-27(30)20-29(24-14-16-25(17-15-24)33-5-2)34(31,32)26-18-8-21(3)9-19-26/h8-19H,4-7,20H2,1-3H3,(H,28,30). The summed E-state index contributed by atoms with van der Waals surface area (Å²) in [6, 6.07) is 20.9. The number of hydrogen-bond donors (Lipinski definition) is 1. The van der Waals surface area contributed by atoms with Crippen molar-refractivity contribution in [1.82, 2.24) is 0 Å². The van der Waals surface area contributed by atoms with Crippen LogP contribution in [0.25, 0.3) is 0 Å². The Labute approximate surface area is 202 Å². The molecule has 0 aromatic heterocycles. The maximum absolute atomic E-state index is 13.5. The number of aryl methyl sites for hydroxylation is 2. The Morgan fingerprint density at radius 2 is 1.56 bits per heavy atom. The smallest absolute Gasteiger partial charge is 0.264 e. The first-order valence-corrected chi connectivity index (χ1v) is 13.0. The molecule has 0 atom stereocenters. The van der Waals surface area contributed by atoms with Gasteiger partial charge in [0.05, 0.1) is 17.2 Å². The summed E-state index contributed by atoms with van der Waals surface area (Å²) in [7, 11) is -3.97. The van der Waals surface area contributed by atoms with Crippen molar-refractivity contribution in [3.63, 3.8) is 0 Å². The summed E-state index contributed by atoms with van der Waals surface area (Å²) >= 11 is 0. The van der Waals surface area contributed by atoms with E-state index in [-0.39, 0.29) is 11.4 Å². The third-order valence-electron chi connectivity index (χ3n) is 5.39. The fraction of sp³-hybridized carbons (Fsp3) is 0.296. The predicted octanol–water partition coefficient (Wildman–Crippen LogP) is 5.57. The molecule has 3 aromatic rings. The molecule has 6 nitrogen and oxygen atoms in total. The van der Waals surface area contributed by atoms with Crippen LogP contribution in [0, 0.1) is 6.92 Å². The van der Waals surface area contributed by atoms with Crippen molar-refractivity contribution in [3.05, 3.63) is 83.9 Å². The minimum atomic E-state index is -3.97. The van der Waals surface area contributed by atoms with Gasteiger partial charge in [0.2, 0.25) is 5.91 Å². The molecule has 0 aliphatic heterocycles. The number of rotatable bonds is 11. The maximum atomic E-state index is 13.5.